The highest BCUT2D eigenvalue weighted by molar-refractivity contribution is 5.77. The number of hydrogen-bond donors (Lipinski definition) is 1. The topological polar surface area (TPSA) is 53.1 Å². The maximum absolute atomic E-state index is 5.92. The summed E-state index contributed by atoms with van der Waals surface area (Å²) in [5, 5.41) is 0. The van der Waals surface area contributed by atoms with Crippen molar-refractivity contribution >= 4 is 11.0 Å². The lowest BCUT2D eigenvalue weighted by Gasteiger charge is -2.41. The van der Waals surface area contributed by atoms with E-state index in [1.165, 1.54) is 11.1 Å². The number of hydrogen-bond acceptors (Lipinski definition) is 3. The standard InChI is InChI=1S/C15H21N3O/c1-10(2)14-17-12-6-11(4-5-13(12)18(14)3)15(7-16)8-19-9-15/h4-6,10H,7-9,16H2,1-3H3. The molecule has 0 saturated carbocycles. The molecule has 2 N–H and O–H groups in total. The van der Waals surface area contributed by atoms with Crippen LogP contribution < -0.4 is 5.73 Å². The van der Waals surface area contributed by atoms with E-state index < -0.39 is 0 Å². The number of rotatable bonds is 3. The summed E-state index contributed by atoms with van der Waals surface area (Å²) < 4.78 is 7.53. The van der Waals surface area contributed by atoms with E-state index in [2.05, 4.69) is 43.7 Å². The minimum absolute atomic E-state index is 0.00368. The highest BCUT2D eigenvalue weighted by atomic mass is 16.5. The number of aryl methyl sites for hydroxylation is 1. The molecule has 0 spiro atoms. The van der Waals surface area contributed by atoms with E-state index in [0.717, 1.165) is 24.6 Å². The first kappa shape index (κ1) is 12.6. The highest BCUT2D eigenvalue weighted by Gasteiger charge is 2.39. The van der Waals surface area contributed by atoms with Crippen LogP contribution in [0.2, 0.25) is 0 Å². The van der Waals surface area contributed by atoms with Gasteiger partial charge in [0.05, 0.1) is 29.7 Å². The molecule has 0 unspecified atom stereocenters. The van der Waals surface area contributed by atoms with Crippen molar-refractivity contribution in [2.45, 2.75) is 25.2 Å². The van der Waals surface area contributed by atoms with Crippen molar-refractivity contribution < 1.29 is 4.74 Å². The second kappa shape index (κ2) is 4.32. The molecule has 4 heteroatoms. The van der Waals surface area contributed by atoms with Gasteiger partial charge in [0.1, 0.15) is 5.82 Å². The Balaban J connectivity index is 2.11. The summed E-state index contributed by atoms with van der Waals surface area (Å²) in [6, 6.07) is 6.50. The lowest BCUT2D eigenvalue weighted by Crippen LogP contribution is -2.52. The molecular formula is C15H21N3O. The molecule has 0 aliphatic carbocycles. The second-order valence-electron chi connectivity index (χ2n) is 5.86. The average molecular weight is 259 g/mol. The molecule has 19 heavy (non-hydrogen) atoms. The number of benzene rings is 1. The molecule has 1 aromatic heterocycles. The molecule has 1 aliphatic rings. The fourth-order valence-electron chi connectivity index (χ4n) is 2.82. The van der Waals surface area contributed by atoms with Gasteiger partial charge in [-0.3, -0.25) is 0 Å². The molecule has 102 valence electrons. The maximum atomic E-state index is 5.92. The highest BCUT2D eigenvalue weighted by Crippen LogP contribution is 2.33. The van der Waals surface area contributed by atoms with Crippen molar-refractivity contribution in [1.29, 1.82) is 0 Å². The third kappa shape index (κ3) is 1.78. The number of aromatic nitrogens is 2. The molecule has 0 bridgehead atoms. The van der Waals surface area contributed by atoms with E-state index in [1.807, 2.05) is 0 Å². The van der Waals surface area contributed by atoms with Crippen LogP contribution in [0.1, 0.15) is 31.2 Å². The number of ether oxygens (including phenoxy) is 1. The Bertz CT molecular complexity index is 606. The van der Waals surface area contributed by atoms with E-state index >= 15 is 0 Å². The van der Waals surface area contributed by atoms with Gasteiger partial charge in [-0.2, -0.15) is 0 Å². The molecule has 3 rings (SSSR count). The van der Waals surface area contributed by atoms with Gasteiger partial charge in [0.25, 0.3) is 0 Å². The zero-order chi connectivity index (χ0) is 13.6. The summed E-state index contributed by atoms with van der Waals surface area (Å²) in [4.78, 5) is 4.76. The van der Waals surface area contributed by atoms with Gasteiger partial charge in [-0.25, -0.2) is 4.98 Å². The summed E-state index contributed by atoms with van der Waals surface area (Å²) in [7, 11) is 2.08. The quantitative estimate of drug-likeness (QED) is 0.916. The van der Waals surface area contributed by atoms with E-state index in [4.69, 9.17) is 15.5 Å². The van der Waals surface area contributed by atoms with E-state index in [1.54, 1.807) is 0 Å². The molecule has 1 fully saturated rings. The minimum atomic E-state index is 0.00368. The Morgan fingerprint density at radius 3 is 2.68 bits per heavy atom. The van der Waals surface area contributed by atoms with Crippen molar-refractivity contribution in [3.8, 4) is 0 Å². The Labute approximate surface area is 113 Å². The zero-order valence-electron chi connectivity index (χ0n) is 11.8. The van der Waals surface area contributed by atoms with Gasteiger partial charge in [-0.15, -0.1) is 0 Å². The first-order chi connectivity index (χ1) is 9.07. The Kier molecular flexibility index (Phi) is 2.87. The van der Waals surface area contributed by atoms with Gasteiger partial charge in [-0.05, 0) is 17.7 Å². The summed E-state index contributed by atoms with van der Waals surface area (Å²) in [5.41, 5.74) is 9.42. The normalized spacial score (nSPS) is 17.9. The van der Waals surface area contributed by atoms with Gasteiger partial charge in [0, 0.05) is 19.5 Å². The number of nitrogens with zero attached hydrogens (tertiary/aromatic N) is 2. The van der Waals surface area contributed by atoms with E-state index in [0.29, 0.717) is 12.5 Å². The molecule has 1 aliphatic heterocycles. The summed E-state index contributed by atoms with van der Waals surface area (Å²) in [6.45, 7) is 6.41. The summed E-state index contributed by atoms with van der Waals surface area (Å²) in [5.74, 6) is 1.55. The van der Waals surface area contributed by atoms with Gasteiger partial charge < -0.3 is 15.0 Å². The third-order valence-corrected chi connectivity index (χ3v) is 4.19. The molecule has 1 saturated heterocycles. The van der Waals surface area contributed by atoms with Crippen LogP contribution in [-0.4, -0.2) is 29.3 Å². The van der Waals surface area contributed by atoms with Crippen molar-refractivity contribution in [2.24, 2.45) is 12.8 Å². The molecule has 0 radical (unpaired) electrons. The van der Waals surface area contributed by atoms with E-state index in [-0.39, 0.29) is 5.41 Å². The van der Waals surface area contributed by atoms with Gasteiger partial charge >= 0.3 is 0 Å². The Hall–Kier alpha value is -1.39. The predicted molar refractivity (Wildman–Crippen MR) is 76.4 cm³/mol. The molecule has 0 atom stereocenters. The largest absolute Gasteiger partial charge is 0.379 e. The van der Waals surface area contributed by atoms with Crippen molar-refractivity contribution in [3.63, 3.8) is 0 Å². The second-order valence-corrected chi connectivity index (χ2v) is 5.86. The average Bonchev–Trinajstić information content (AvgIpc) is 2.66. The molecular weight excluding hydrogens is 238 g/mol. The number of fused-ring (bicyclic) bond motifs is 1. The molecule has 1 aromatic carbocycles. The van der Waals surface area contributed by atoms with Gasteiger partial charge in [0.15, 0.2) is 0 Å². The van der Waals surface area contributed by atoms with Crippen molar-refractivity contribution in [3.05, 3.63) is 29.6 Å². The molecule has 2 aromatic rings. The monoisotopic (exact) mass is 259 g/mol. The summed E-state index contributed by atoms with van der Waals surface area (Å²) in [6.07, 6.45) is 0. The van der Waals surface area contributed by atoms with E-state index in [9.17, 15) is 0 Å². The first-order valence-corrected chi connectivity index (χ1v) is 6.82. The molecule has 2 heterocycles. The zero-order valence-corrected chi connectivity index (χ0v) is 11.8. The fourth-order valence-corrected chi connectivity index (χ4v) is 2.82. The predicted octanol–water partition coefficient (Wildman–Crippen LogP) is 1.92. The molecule has 0 amide bonds. The third-order valence-electron chi connectivity index (χ3n) is 4.19. The smallest absolute Gasteiger partial charge is 0.112 e. The van der Waals surface area contributed by atoms with Crippen LogP contribution >= 0.6 is 0 Å². The number of nitrogens with two attached hydrogens (primary N) is 1. The first-order valence-electron chi connectivity index (χ1n) is 6.82. The maximum Gasteiger partial charge on any atom is 0.112 e. The van der Waals surface area contributed by atoms with Gasteiger partial charge in [0.2, 0.25) is 0 Å². The lowest BCUT2D eigenvalue weighted by molar-refractivity contribution is -0.0549. The minimum Gasteiger partial charge on any atom is -0.379 e. The van der Waals surface area contributed by atoms with Crippen LogP contribution in [0.5, 0.6) is 0 Å². The van der Waals surface area contributed by atoms with Crippen LogP contribution in [-0.2, 0) is 17.2 Å². The Morgan fingerprint density at radius 1 is 1.42 bits per heavy atom. The Morgan fingerprint density at radius 2 is 2.16 bits per heavy atom. The van der Waals surface area contributed by atoms with Crippen LogP contribution in [0.25, 0.3) is 11.0 Å². The van der Waals surface area contributed by atoms with Crippen LogP contribution in [0.15, 0.2) is 18.2 Å². The molecule has 4 nitrogen and oxygen atoms in total. The summed E-state index contributed by atoms with van der Waals surface area (Å²) >= 11 is 0. The van der Waals surface area contributed by atoms with Crippen molar-refractivity contribution in [2.75, 3.05) is 19.8 Å². The number of imidazole rings is 1. The fraction of sp³-hybridized carbons (Fsp3) is 0.533. The van der Waals surface area contributed by atoms with Crippen LogP contribution in [0.3, 0.4) is 0 Å². The SMILES string of the molecule is CC(C)c1nc2cc(C3(CN)COC3)ccc2n1C. The van der Waals surface area contributed by atoms with Crippen molar-refractivity contribution in [1.82, 2.24) is 9.55 Å². The van der Waals surface area contributed by atoms with Gasteiger partial charge in [-0.1, -0.05) is 19.9 Å². The van der Waals surface area contributed by atoms with Crippen LogP contribution in [0.4, 0.5) is 0 Å². The lowest BCUT2D eigenvalue weighted by atomic mass is 9.78. The van der Waals surface area contributed by atoms with Crippen LogP contribution in [0, 0.1) is 0 Å².